The average molecular weight is 371 g/mol. The van der Waals surface area contributed by atoms with E-state index in [2.05, 4.69) is 26.2 Å². The maximum Gasteiger partial charge on any atom is 0.312 e. The zero-order valence-electron chi connectivity index (χ0n) is 11.1. The third kappa shape index (κ3) is 2.67. The number of hydrogen-bond acceptors (Lipinski definition) is 4. The van der Waals surface area contributed by atoms with Gasteiger partial charge in [0, 0.05) is 10.6 Å². The van der Waals surface area contributed by atoms with E-state index in [0.717, 1.165) is 16.9 Å². The molecule has 110 valence electrons. The van der Waals surface area contributed by atoms with Crippen molar-refractivity contribution >= 4 is 44.1 Å². The molecular formula is C14H12BrFN2O2S. The molecule has 7 heteroatoms. The van der Waals surface area contributed by atoms with E-state index in [9.17, 15) is 9.18 Å². The van der Waals surface area contributed by atoms with Crippen molar-refractivity contribution in [3.8, 4) is 0 Å². The molecule has 1 aromatic carbocycles. The molecule has 3 rings (SSSR count). The van der Waals surface area contributed by atoms with Gasteiger partial charge in [-0.1, -0.05) is 0 Å². The van der Waals surface area contributed by atoms with Crippen LogP contribution in [0.2, 0.25) is 0 Å². The standard InChI is InChI=1S/C14H12BrFN2O2S/c1-6-4-8(15)9(16)5-10(6)17-14-18-12-7(13(19)20)2-3-11(12)21-14/h4-5,7H,2-3H2,1H3,(H,17,18)(H,19,20). The fourth-order valence-electron chi connectivity index (χ4n) is 2.42. The second kappa shape index (κ2) is 5.38. The Morgan fingerprint density at radius 1 is 1.57 bits per heavy atom. The van der Waals surface area contributed by atoms with Gasteiger partial charge in [0.2, 0.25) is 0 Å². The first kappa shape index (κ1) is 14.5. The van der Waals surface area contributed by atoms with Crippen LogP contribution in [-0.4, -0.2) is 16.1 Å². The molecule has 0 fully saturated rings. The maximum atomic E-state index is 13.6. The number of benzene rings is 1. The minimum absolute atomic E-state index is 0.351. The summed E-state index contributed by atoms with van der Waals surface area (Å²) in [6.07, 6.45) is 1.34. The first-order valence-electron chi connectivity index (χ1n) is 6.41. The molecule has 21 heavy (non-hydrogen) atoms. The minimum Gasteiger partial charge on any atom is -0.481 e. The van der Waals surface area contributed by atoms with Gasteiger partial charge in [-0.15, -0.1) is 11.3 Å². The molecular weight excluding hydrogens is 359 g/mol. The summed E-state index contributed by atoms with van der Waals surface area (Å²) in [6.45, 7) is 1.87. The minimum atomic E-state index is -0.837. The number of carboxylic acid groups (broad SMARTS) is 1. The topological polar surface area (TPSA) is 62.2 Å². The van der Waals surface area contributed by atoms with Crippen LogP contribution in [0, 0.1) is 12.7 Å². The molecule has 0 saturated carbocycles. The summed E-state index contributed by atoms with van der Waals surface area (Å²) in [7, 11) is 0. The predicted octanol–water partition coefficient (Wildman–Crippen LogP) is 4.21. The van der Waals surface area contributed by atoms with Gasteiger partial charge in [0.05, 0.1) is 10.2 Å². The first-order valence-corrected chi connectivity index (χ1v) is 8.01. The number of carbonyl (C=O) groups is 1. The van der Waals surface area contributed by atoms with Gasteiger partial charge in [-0.05, 0) is 53.4 Å². The lowest BCUT2D eigenvalue weighted by atomic mass is 10.1. The van der Waals surface area contributed by atoms with Gasteiger partial charge >= 0.3 is 5.97 Å². The summed E-state index contributed by atoms with van der Waals surface area (Å²) < 4.78 is 14.0. The van der Waals surface area contributed by atoms with Crippen LogP contribution in [0.25, 0.3) is 0 Å². The number of halogens is 2. The molecule has 1 aromatic heterocycles. The van der Waals surface area contributed by atoms with Gasteiger partial charge in [0.1, 0.15) is 11.7 Å². The molecule has 1 unspecified atom stereocenters. The van der Waals surface area contributed by atoms with Crippen molar-refractivity contribution in [1.82, 2.24) is 4.98 Å². The lowest BCUT2D eigenvalue weighted by molar-refractivity contribution is -0.138. The van der Waals surface area contributed by atoms with Crippen molar-refractivity contribution in [3.05, 3.63) is 38.6 Å². The van der Waals surface area contributed by atoms with Crippen molar-refractivity contribution in [1.29, 1.82) is 0 Å². The lowest BCUT2D eigenvalue weighted by Gasteiger charge is -2.08. The van der Waals surface area contributed by atoms with E-state index in [0.29, 0.717) is 27.4 Å². The number of thiazole rings is 1. The van der Waals surface area contributed by atoms with E-state index in [1.54, 1.807) is 6.07 Å². The number of rotatable bonds is 3. The van der Waals surface area contributed by atoms with E-state index >= 15 is 0 Å². The quantitative estimate of drug-likeness (QED) is 0.849. The Bertz CT molecular complexity index is 732. The summed E-state index contributed by atoms with van der Waals surface area (Å²) in [4.78, 5) is 16.5. The summed E-state index contributed by atoms with van der Waals surface area (Å²) in [5.41, 5.74) is 2.16. The molecule has 1 aliphatic carbocycles. The zero-order valence-corrected chi connectivity index (χ0v) is 13.5. The Morgan fingerprint density at radius 3 is 3.05 bits per heavy atom. The lowest BCUT2D eigenvalue weighted by Crippen LogP contribution is -2.08. The smallest absolute Gasteiger partial charge is 0.312 e. The molecule has 0 radical (unpaired) electrons. The number of hydrogen-bond donors (Lipinski definition) is 2. The van der Waals surface area contributed by atoms with Gasteiger partial charge in [0.15, 0.2) is 5.13 Å². The number of fused-ring (bicyclic) bond motifs is 1. The number of aromatic nitrogens is 1. The maximum absolute atomic E-state index is 13.6. The highest BCUT2D eigenvalue weighted by molar-refractivity contribution is 9.10. The van der Waals surface area contributed by atoms with Gasteiger partial charge in [-0.3, -0.25) is 4.79 Å². The zero-order chi connectivity index (χ0) is 15.1. The molecule has 1 aliphatic rings. The van der Waals surface area contributed by atoms with E-state index in [-0.39, 0.29) is 5.82 Å². The molecule has 0 aliphatic heterocycles. The van der Waals surface area contributed by atoms with Gasteiger partial charge in [-0.25, -0.2) is 9.37 Å². The third-order valence-corrected chi connectivity index (χ3v) is 5.18. The Morgan fingerprint density at radius 2 is 2.33 bits per heavy atom. The normalized spacial score (nSPS) is 16.8. The summed E-state index contributed by atoms with van der Waals surface area (Å²) in [6, 6.07) is 3.10. The van der Waals surface area contributed by atoms with Crippen LogP contribution >= 0.6 is 27.3 Å². The Kier molecular flexibility index (Phi) is 3.71. The van der Waals surface area contributed by atoms with E-state index in [1.807, 2.05) is 6.92 Å². The Labute approximate surface area is 133 Å². The number of aryl methyl sites for hydroxylation is 2. The summed E-state index contributed by atoms with van der Waals surface area (Å²) >= 11 is 4.58. The number of nitrogens with one attached hydrogen (secondary N) is 1. The van der Waals surface area contributed by atoms with Crippen LogP contribution in [0.3, 0.4) is 0 Å². The second-order valence-electron chi connectivity index (χ2n) is 4.96. The molecule has 1 heterocycles. The molecule has 0 bridgehead atoms. The highest BCUT2D eigenvalue weighted by Crippen LogP contribution is 2.39. The molecule has 0 spiro atoms. The third-order valence-electron chi connectivity index (χ3n) is 3.52. The monoisotopic (exact) mass is 370 g/mol. The fraction of sp³-hybridized carbons (Fsp3) is 0.286. The average Bonchev–Trinajstić information content (AvgIpc) is 2.95. The number of anilines is 2. The fourth-order valence-corrected chi connectivity index (χ4v) is 3.93. The van der Waals surface area contributed by atoms with Crippen molar-refractivity contribution in [3.63, 3.8) is 0 Å². The highest BCUT2D eigenvalue weighted by atomic mass is 79.9. The van der Waals surface area contributed by atoms with Crippen LogP contribution < -0.4 is 5.32 Å². The number of nitrogens with zero attached hydrogens (tertiary/aromatic N) is 1. The van der Waals surface area contributed by atoms with Gasteiger partial charge < -0.3 is 10.4 Å². The van der Waals surface area contributed by atoms with E-state index < -0.39 is 11.9 Å². The second-order valence-corrected chi connectivity index (χ2v) is 6.90. The predicted molar refractivity (Wildman–Crippen MR) is 82.9 cm³/mol. The van der Waals surface area contributed by atoms with Crippen LogP contribution in [-0.2, 0) is 11.2 Å². The largest absolute Gasteiger partial charge is 0.481 e. The molecule has 0 saturated heterocycles. The van der Waals surface area contributed by atoms with Crippen LogP contribution in [0.4, 0.5) is 15.2 Å². The van der Waals surface area contributed by atoms with Crippen molar-refractivity contribution < 1.29 is 14.3 Å². The first-order chi connectivity index (χ1) is 9.95. The van der Waals surface area contributed by atoms with Crippen molar-refractivity contribution in [2.75, 3.05) is 5.32 Å². The number of carboxylic acids is 1. The molecule has 4 nitrogen and oxygen atoms in total. The Hall–Kier alpha value is -1.47. The van der Waals surface area contributed by atoms with Crippen LogP contribution in [0.5, 0.6) is 0 Å². The highest BCUT2D eigenvalue weighted by Gasteiger charge is 2.32. The Balaban J connectivity index is 1.89. The summed E-state index contributed by atoms with van der Waals surface area (Å²) in [5, 5.41) is 12.8. The van der Waals surface area contributed by atoms with Crippen molar-refractivity contribution in [2.45, 2.75) is 25.7 Å². The van der Waals surface area contributed by atoms with Crippen LogP contribution in [0.1, 0.15) is 28.5 Å². The van der Waals surface area contributed by atoms with Crippen molar-refractivity contribution in [2.24, 2.45) is 0 Å². The van der Waals surface area contributed by atoms with Gasteiger partial charge in [-0.2, -0.15) is 0 Å². The summed E-state index contributed by atoms with van der Waals surface area (Å²) in [5.74, 6) is -1.71. The molecule has 2 N–H and O–H groups in total. The van der Waals surface area contributed by atoms with E-state index in [4.69, 9.17) is 5.11 Å². The van der Waals surface area contributed by atoms with Crippen LogP contribution in [0.15, 0.2) is 16.6 Å². The SMILES string of the molecule is Cc1cc(Br)c(F)cc1Nc1nc2c(s1)CCC2C(=O)O. The molecule has 1 atom stereocenters. The number of aliphatic carboxylic acids is 1. The van der Waals surface area contributed by atoms with Gasteiger partial charge in [0.25, 0.3) is 0 Å². The molecule has 0 amide bonds. The van der Waals surface area contributed by atoms with E-state index in [1.165, 1.54) is 17.4 Å². The molecule has 2 aromatic rings.